The van der Waals surface area contributed by atoms with Crippen molar-refractivity contribution in [3.63, 3.8) is 0 Å². The average Bonchev–Trinajstić information content (AvgIpc) is 3.12. The van der Waals surface area contributed by atoms with Crippen LogP contribution in [0.4, 0.5) is 5.69 Å². The Labute approximate surface area is 150 Å². The molecule has 9 heteroatoms. The molecule has 0 unspecified atom stereocenters. The van der Waals surface area contributed by atoms with Gasteiger partial charge in [0.2, 0.25) is 0 Å². The van der Waals surface area contributed by atoms with Crippen molar-refractivity contribution in [1.29, 1.82) is 0 Å². The predicted molar refractivity (Wildman–Crippen MR) is 95.9 cm³/mol. The number of nitrogens with two attached hydrogens (primary N) is 1. The van der Waals surface area contributed by atoms with Gasteiger partial charge in [0.1, 0.15) is 11.4 Å². The average molecular weight is 372 g/mol. The van der Waals surface area contributed by atoms with Crippen molar-refractivity contribution in [1.82, 2.24) is 9.78 Å². The van der Waals surface area contributed by atoms with Crippen LogP contribution >= 0.6 is 0 Å². The molecule has 0 saturated carbocycles. The molecule has 0 aliphatic rings. The van der Waals surface area contributed by atoms with Crippen LogP contribution in [0.2, 0.25) is 0 Å². The number of carbonyl (C=O) groups excluding carboxylic acids is 1. The number of sulfonamides is 1. The second kappa shape index (κ2) is 6.89. The topological polar surface area (TPSA) is 116 Å². The smallest absolute Gasteiger partial charge is 0.269 e. The summed E-state index contributed by atoms with van der Waals surface area (Å²) in [5.41, 5.74) is 6.37. The molecule has 3 aromatic rings. The lowest BCUT2D eigenvalue weighted by molar-refractivity contribution is 0.0995. The Balaban J connectivity index is 1.78. The number of hydrogen-bond donors (Lipinski definition) is 2. The molecule has 1 amide bonds. The van der Waals surface area contributed by atoms with Gasteiger partial charge in [0.05, 0.1) is 17.7 Å². The zero-order chi connectivity index (χ0) is 18.7. The molecule has 26 heavy (non-hydrogen) atoms. The van der Waals surface area contributed by atoms with Gasteiger partial charge in [-0.2, -0.15) is 5.10 Å². The van der Waals surface area contributed by atoms with E-state index in [2.05, 4.69) is 9.82 Å². The molecule has 1 heterocycles. The summed E-state index contributed by atoms with van der Waals surface area (Å²) in [4.78, 5) is 11.2. The minimum Gasteiger partial charge on any atom is -0.497 e. The number of aromatic nitrogens is 2. The highest BCUT2D eigenvalue weighted by Crippen LogP contribution is 2.20. The molecule has 0 saturated heterocycles. The number of methoxy groups -OCH3 is 1. The molecular formula is C17H16N4O4S. The van der Waals surface area contributed by atoms with E-state index in [0.717, 1.165) is 0 Å². The highest BCUT2D eigenvalue weighted by Gasteiger charge is 2.14. The zero-order valence-corrected chi connectivity index (χ0v) is 14.6. The molecular weight excluding hydrogens is 356 g/mol. The highest BCUT2D eigenvalue weighted by molar-refractivity contribution is 7.92. The van der Waals surface area contributed by atoms with Crippen LogP contribution in [0.1, 0.15) is 10.5 Å². The molecule has 0 aliphatic carbocycles. The largest absolute Gasteiger partial charge is 0.497 e. The number of hydrogen-bond acceptors (Lipinski definition) is 5. The van der Waals surface area contributed by atoms with Crippen molar-refractivity contribution in [2.45, 2.75) is 4.90 Å². The number of benzene rings is 2. The molecule has 8 nitrogen and oxygen atoms in total. The molecule has 0 spiro atoms. The van der Waals surface area contributed by atoms with Crippen molar-refractivity contribution in [2.24, 2.45) is 5.73 Å². The van der Waals surface area contributed by atoms with Crippen molar-refractivity contribution in [3.8, 4) is 11.4 Å². The third-order valence-electron chi connectivity index (χ3n) is 3.60. The number of nitrogens with zero attached hydrogens (tertiary/aromatic N) is 2. The van der Waals surface area contributed by atoms with Gasteiger partial charge in [0, 0.05) is 11.9 Å². The third kappa shape index (κ3) is 3.67. The Morgan fingerprint density at radius 2 is 1.73 bits per heavy atom. The Bertz CT molecular complexity index is 1030. The molecule has 0 radical (unpaired) electrons. The van der Waals surface area contributed by atoms with Gasteiger partial charge in [-0.3, -0.25) is 9.52 Å². The Hall–Kier alpha value is -3.33. The fraction of sp³-hybridized carbons (Fsp3) is 0.0588. The summed E-state index contributed by atoms with van der Waals surface area (Å²) < 4.78 is 33.8. The Morgan fingerprint density at radius 1 is 1.08 bits per heavy atom. The third-order valence-corrected chi connectivity index (χ3v) is 4.99. The van der Waals surface area contributed by atoms with Crippen LogP contribution in [0.5, 0.6) is 5.75 Å². The quantitative estimate of drug-likeness (QED) is 0.684. The summed E-state index contributed by atoms with van der Waals surface area (Å²) in [6.07, 6.45) is 1.59. The molecule has 134 valence electrons. The summed E-state index contributed by atoms with van der Waals surface area (Å²) >= 11 is 0. The lowest BCUT2D eigenvalue weighted by Gasteiger charge is -2.09. The molecule has 3 N–H and O–H groups in total. The molecule has 3 rings (SSSR count). The maximum atomic E-state index is 12.4. The van der Waals surface area contributed by atoms with E-state index < -0.39 is 15.9 Å². The van der Waals surface area contributed by atoms with E-state index in [1.807, 2.05) is 0 Å². The van der Waals surface area contributed by atoms with E-state index in [1.165, 1.54) is 30.0 Å². The predicted octanol–water partition coefficient (Wildman–Crippen LogP) is 1.78. The van der Waals surface area contributed by atoms with Crippen LogP contribution in [0.25, 0.3) is 5.69 Å². The van der Waals surface area contributed by atoms with Gasteiger partial charge in [-0.1, -0.05) is 0 Å². The Morgan fingerprint density at radius 3 is 2.27 bits per heavy atom. The van der Waals surface area contributed by atoms with E-state index in [0.29, 0.717) is 17.1 Å². The van der Waals surface area contributed by atoms with Crippen molar-refractivity contribution in [3.05, 3.63) is 66.5 Å². The number of nitrogens with one attached hydrogen (secondary N) is 1. The lowest BCUT2D eigenvalue weighted by Crippen LogP contribution is -2.13. The first-order chi connectivity index (χ1) is 12.4. The van der Waals surface area contributed by atoms with Gasteiger partial charge in [0.15, 0.2) is 0 Å². The van der Waals surface area contributed by atoms with E-state index in [-0.39, 0.29) is 10.6 Å². The molecule has 0 bridgehead atoms. The van der Waals surface area contributed by atoms with E-state index in [1.54, 1.807) is 42.6 Å². The lowest BCUT2D eigenvalue weighted by atomic mass is 10.3. The maximum absolute atomic E-state index is 12.4. The SMILES string of the molecule is COc1ccc(S(=O)(=O)Nc2ccc(-n3ccc(C(N)=O)n3)cc2)cc1. The van der Waals surface area contributed by atoms with Crippen LogP contribution in [0.3, 0.4) is 0 Å². The summed E-state index contributed by atoms with van der Waals surface area (Å²) in [6, 6.07) is 14.1. The van der Waals surface area contributed by atoms with Gasteiger partial charge in [-0.15, -0.1) is 0 Å². The molecule has 0 aliphatic heterocycles. The normalized spacial score (nSPS) is 11.1. The first-order valence-corrected chi connectivity index (χ1v) is 9.00. The first kappa shape index (κ1) is 17.5. The van der Waals surface area contributed by atoms with Gasteiger partial charge in [-0.05, 0) is 54.6 Å². The van der Waals surface area contributed by atoms with Crippen molar-refractivity contribution >= 4 is 21.6 Å². The second-order valence-electron chi connectivity index (χ2n) is 5.34. The maximum Gasteiger partial charge on any atom is 0.269 e. The van der Waals surface area contributed by atoms with Crippen LogP contribution in [-0.2, 0) is 10.0 Å². The van der Waals surface area contributed by atoms with Gasteiger partial charge >= 0.3 is 0 Å². The standard InChI is InChI=1S/C17H16N4O4S/c1-25-14-6-8-15(9-7-14)26(23,24)20-12-2-4-13(5-3-12)21-11-10-16(19-21)17(18)22/h2-11,20H,1H3,(H2,18,22). The number of rotatable bonds is 6. The van der Waals surface area contributed by atoms with Crippen LogP contribution in [-0.4, -0.2) is 31.2 Å². The minimum atomic E-state index is -3.71. The van der Waals surface area contributed by atoms with Crippen LogP contribution in [0.15, 0.2) is 65.7 Å². The van der Waals surface area contributed by atoms with Gasteiger partial charge < -0.3 is 10.5 Å². The second-order valence-corrected chi connectivity index (χ2v) is 7.02. The monoisotopic (exact) mass is 372 g/mol. The number of carbonyl (C=O) groups is 1. The fourth-order valence-corrected chi connectivity index (χ4v) is 3.31. The first-order valence-electron chi connectivity index (χ1n) is 7.52. The minimum absolute atomic E-state index is 0.126. The highest BCUT2D eigenvalue weighted by atomic mass is 32.2. The zero-order valence-electron chi connectivity index (χ0n) is 13.8. The number of ether oxygens (including phenoxy) is 1. The molecule has 1 aromatic heterocycles. The fourth-order valence-electron chi connectivity index (χ4n) is 2.25. The molecule has 2 aromatic carbocycles. The van der Waals surface area contributed by atoms with Crippen LogP contribution < -0.4 is 15.2 Å². The number of anilines is 1. The molecule has 0 fully saturated rings. The number of primary amides is 1. The van der Waals surface area contributed by atoms with E-state index in [9.17, 15) is 13.2 Å². The van der Waals surface area contributed by atoms with E-state index in [4.69, 9.17) is 10.5 Å². The van der Waals surface area contributed by atoms with Crippen LogP contribution in [0, 0.1) is 0 Å². The Kier molecular flexibility index (Phi) is 4.63. The molecule has 0 atom stereocenters. The van der Waals surface area contributed by atoms with E-state index >= 15 is 0 Å². The van der Waals surface area contributed by atoms with Gasteiger partial charge in [-0.25, -0.2) is 13.1 Å². The number of amides is 1. The van der Waals surface area contributed by atoms with Crippen molar-refractivity contribution in [2.75, 3.05) is 11.8 Å². The summed E-state index contributed by atoms with van der Waals surface area (Å²) in [5, 5.41) is 4.04. The van der Waals surface area contributed by atoms with Crippen molar-refractivity contribution < 1.29 is 17.9 Å². The summed E-state index contributed by atoms with van der Waals surface area (Å²) in [5.74, 6) is -0.0459. The summed E-state index contributed by atoms with van der Waals surface area (Å²) in [6.45, 7) is 0. The summed E-state index contributed by atoms with van der Waals surface area (Å²) in [7, 11) is -2.20. The van der Waals surface area contributed by atoms with Gasteiger partial charge in [0.25, 0.3) is 15.9 Å².